The summed E-state index contributed by atoms with van der Waals surface area (Å²) < 4.78 is 10.6. The monoisotopic (exact) mass is 292 g/mol. The van der Waals surface area contributed by atoms with Crippen LogP contribution in [0.4, 0.5) is 5.69 Å². The average Bonchev–Trinajstić information content (AvgIpc) is 2.47. The number of esters is 1. The maximum absolute atomic E-state index is 12.1. The zero-order chi connectivity index (χ0) is 15.2. The van der Waals surface area contributed by atoms with Gasteiger partial charge >= 0.3 is 5.97 Å². The van der Waals surface area contributed by atoms with Gasteiger partial charge in [-0.25, -0.2) is 4.79 Å². The van der Waals surface area contributed by atoms with Crippen molar-refractivity contribution in [2.45, 2.75) is 38.2 Å². The number of anilines is 1. The maximum atomic E-state index is 12.1. The van der Waals surface area contributed by atoms with E-state index in [1.165, 1.54) is 12.5 Å². The molecule has 1 amide bonds. The standard InChI is InChI=1S/C15H20N2O4/c16-12-7-6-10(8-13(12)20-9-14(17)18)15(19)21-11-4-2-1-3-5-11/h6-8,11H,1-5,9,16H2,(H2,17,18). The zero-order valence-electron chi connectivity index (χ0n) is 11.8. The van der Waals surface area contributed by atoms with Gasteiger partial charge in [-0.1, -0.05) is 6.42 Å². The van der Waals surface area contributed by atoms with Gasteiger partial charge < -0.3 is 20.9 Å². The van der Waals surface area contributed by atoms with Crippen molar-refractivity contribution < 1.29 is 19.1 Å². The summed E-state index contributed by atoms with van der Waals surface area (Å²) in [6.07, 6.45) is 5.18. The predicted octanol–water partition coefficient (Wildman–Crippen LogP) is 1.62. The number of primary amides is 1. The van der Waals surface area contributed by atoms with Gasteiger partial charge in [0.2, 0.25) is 0 Å². The van der Waals surface area contributed by atoms with Crippen molar-refractivity contribution >= 4 is 17.6 Å². The fourth-order valence-corrected chi connectivity index (χ4v) is 2.34. The van der Waals surface area contributed by atoms with E-state index >= 15 is 0 Å². The third-order valence-electron chi connectivity index (χ3n) is 3.45. The summed E-state index contributed by atoms with van der Waals surface area (Å²) in [5.74, 6) is -0.748. The van der Waals surface area contributed by atoms with Crippen molar-refractivity contribution in [3.8, 4) is 5.75 Å². The lowest BCUT2D eigenvalue weighted by atomic mass is 9.98. The fraction of sp³-hybridized carbons (Fsp3) is 0.467. The smallest absolute Gasteiger partial charge is 0.338 e. The Kier molecular flexibility index (Phi) is 5.03. The lowest BCUT2D eigenvalue weighted by Gasteiger charge is -2.22. The number of hydrogen-bond donors (Lipinski definition) is 2. The normalized spacial score (nSPS) is 15.4. The van der Waals surface area contributed by atoms with Gasteiger partial charge in [0.15, 0.2) is 6.61 Å². The molecule has 1 aromatic carbocycles. The summed E-state index contributed by atoms with van der Waals surface area (Å²) in [4.78, 5) is 22.8. The van der Waals surface area contributed by atoms with Gasteiger partial charge in [0.1, 0.15) is 11.9 Å². The quantitative estimate of drug-likeness (QED) is 0.634. The molecule has 114 valence electrons. The number of nitrogen functional groups attached to an aromatic ring is 1. The van der Waals surface area contributed by atoms with Crippen LogP contribution in [0, 0.1) is 0 Å². The molecule has 1 saturated carbocycles. The van der Waals surface area contributed by atoms with E-state index in [0.29, 0.717) is 11.3 Å². The topological polar surface area (TPSA) is 105 Å². The molecule has 6 heteroatoms. The SMILES string of the molecule is NC(=O)COc1cc(C(=O)OC2CCCCC2)ccc1N. The first-order valence-corrected chi connectivity index (χ1v) is 7.08. The summed E-state index contributed by atoms with van der Waals surface area (Å²) in [5, 5.41) is 0. The lowest BCUT2D eigenvalue weighted by molar-refractivity contribution is -0.119. The largest absolute Gasteiger partial charge is 0.482 e. The highest BCUT2D eigenvalue weighted by atomic mass is 16.5. The molecule has 6 nitrogen and oxygen atoms in total. The Balaban J connectivity index is 2.02. The van der Waals surface area contributed by atoms with Crippen LogP contribution in [0.5, 0.6) is 5.75 Å². The van der Waals surface area contributed by atoms with E-state index in [1.807, 2.05) is 0 Å². The van der Waals surface area contributed by atoms with E-state index in [0.717, 1.165) is 25.7 Å². The van der Waals surface area contributed by atoms with Crippen LogP contribution in [0.25, 0.3) is 0 Å². The minimum atomic E-state index is -0.607. The molecule has 0 aromatic heterocycles. The van der Waals surface area contributed by atoms with Crippen molar-refractivity contribution in [1.82, 2.24) is 0 Å². The maximum Gasteiger partial charge on any atom is 0.338 e. The Hall–Kier alpha value is -2.24. The Morgan fingerprint density at radius 1 is 1.19 bits per heavy atom. The fourth-order valence-electron chi connectivity index (χ4n) is 2.34. The summed E-state index contributed by atoms with van der Waals surface area (Å²) >= 11 is 0. The molecule has 0 atom stereocenters. The first kappa shape index (κ1) is 15.2. The molecule has 0 radical (unpaired) electrons. The van der Waals surface area contributed by atoms with E-state index in [9.17, 15) is 9.59 Å². The molecule has 2 rings (SSSR count). The van der Waals surface area contributed by atoms with Crippen molar-refractivity contribution in [2.75, 3.05) is 12.3 Å². The van der Waals surface area contributed by atoms with E-state index in [4.69, 9.17) is 20.9 Å². The molecule has 21 heavy (non-hydrogen) atoms. The summed E-state index contributed by atoms with van der Waals surface area (Å²) in [5.41, 5.74) is 11.4. The van der Waals surface area contributed by atoms with Crippen molar-refractivity contribution in [1.29, 1.82) is 0 Å². The molecule has 0 spiro atoms. The molecule has 0 unspecified atom stereocenters. The third kappa shape index (κ3) is 4.37. The number of ether oxygens (including phenoxy) is 2. The summed E-state index contributed by atoms with van der Waals surface area (Å²) in [7, 11) is 0. The average molecular weight is 292 g/mol. The Morgan fingerprint density at radius 2 is 1.90 bits per heavy atom. The van der Waals surface area contributed by atoms with E-state index in [1.54, 1.807) is 12.1 Å². The highest BCUT2D eigenvalue weighted by molar-refractivity contribution is 5.91. The minimum Gasteiger partial charge on any atom is -0.482 e. The van der Waals surface area contributed by atoms with Crippen molar-refractivity contribution in [3.05, 3.63) is 23.8 Å². The van der Waals surface area contributed by atoms with Crippen LogP contribution in [0.2, 0.25) is 0 Å². The second kappa shape index (κ2) is 6.97. The number of benzene rings is 1. The highest BCUT2D eigenvalue weighted by Crippen LogP contribution is 2.25. The number of hydrogen-bond acceptors (Lipinski definition) is 5. The molecule has 0 heterocycles. The molecule has 0 bridgehead atoms. The lowest BCUT2D eigenvalue weighted by Crippen LogP contribution is -2.22. The number of rotatable bonds is 5. The Bertz CT molecular complexity index is 524. The molecule has 0 aliphatic heterocycles. The third-order valence-corrected chi connectivity index (χ3v) is 3.45. The van der Waals surface area contributed by atoms with Gasteiger partial charge in [-0.05, 0) is 43.9 Å². The second-order valence-corrected chi connectivity index (χ2v) is 5.17. The van der Waals surface area contributed by atoms with Crippen molar-refractivity contribution in [3.63, 3.8) is 0 Å². The van der Waals surface area contributed by atoms with Crippen LogP contribution in [0.3, 0.4) is 0 Å². The molecule has 1 aromatic rings. The predicted molar refractivity (Wildman–Crippen MR) is 77.8 cm³/mol. The molecule has 4 N–H and O–H groups in total. The van der Waals surface area contributed by atoms with E-state index in [2.05, 4.69) is 0 Å². The van der Waals surface area contributed by atoms with Gasteiger partial charge in [0.25, 0.3) is 5.91 Å². The first-order chi connectivity index (χ1) is 10.1. The van der Waals surface area contributed by atoms with Gasteiger partial charge in [-0.15, -0.1) is 0 Å². The van der Waals surface area contributed by atoms with Crippen LogP contribution in [0.15, 0.2) is 18.2 Å². The number of nitrogens with two attached hydrogens (primary N) is 2. The minimum absolute atomic E-state index is 0.0150. The van der Waals surface area contributed by atoms with Gasteiger partial charge in [0, 0.05) is 0 Å². The Labute approximate surface area is 123 Å². The van der Waals surface area contributed by atoms with Crippen LogP contribution in [-0.2, 0) is 9.53 Å². The van der Waals surface area contributed by atoms with Gasteiger partial charge in [-0.2, -0.15) is 0 Å². The highest BCUT2D eigenvalue weighted by Gasteiger charge is 2.19. The van der Waals surface area contributed by atoms with E-state index < -0.39 is 11.9 Å². The van der Waals surface area contributed by atoms with Gasteiger partial charge in [-0.3, -0.25) is 4.79 Å². The molecule has 1 fully saturated rings. The molecule has 1 aliphatic carbocycles. The van der Waals surface area contributed by atoms with Crippen molar-refractivity contribution in [2.24, 2.45) is 5.73 Å². The second-order valence-electron chi connectivity index (χ2n) is 5.17. The summed E-state index contributed by atoms with van der Waals surface area (Å²) in [6.45, 7) is -0.286. The number of carbonyl (C=O) groups is 2. The van der Waals surface area contributed by atoms with Crippen LogP contribution in [-0.4, -0.2) is 24.6 Å². The van der Waals surface area contributed by atoms with E-state index in [-0.39, 0.29) is 18.5 Å². The first-order valence-electron chi connectivity index (χ1n) is 7.08. The molecule has 0 saturated heterocycles. The molecular weight excluding hydrogens is 272 g/mol. The zero-order valence-corrected chi connectivity index (χ0v) is 11.8. The summed E-state index contributed by atoms with van der Waals surface area (Å²) in [6, 6.07) is 4.61. The number of carbonyl (C=O) groups excluding carboxylic acids is 2. The molecule has 1 aliphatic rings. The number of amides is 1. The van der Waals surface area contributed by atoms with Gasteiger partial charge in [0.05, 0.1) is 11.3 Å². The van der Waals surface area contributed by atoms with Crippen LogP contribution in [0.1, 0.15) is 42.5 Å². The Morgan fingerprint density at radius 3 is 2.57 bits per heavy atom. The van der Waals surface area contributed by atoms with Crippen LogP contribution < -0.4 is 16.2 Å². The molecular formula is C15H20N2O4. The van der Waals surface area contributed by atoms with Crippen LogP contribution >= 0.6 is 0 Å².